The van der Waals surface area contributed by atoms with Gasteiger partial charge < -0.3 is 14.2 Å². The van der Waals surface area contributed by atoms with E-state index in [2.05, 4.69) is 4.74 Å². The molecule has 23 heavy (non-hydrogen) atoms. The summed E-state index contributed by atoms with van der Waals surface area (Å²) in [6, 6.07) is 0.983. The Hall–Kier alpha value is -1.21. The summed E-state index contributed by atoms with van der Waals surface area (Å²) in [4.78, 5) is 0. The van der Waals surface area contributed by atoms with Crippen LogP contribution >= 0.6 is 11.6 Å². The topological polar surface area (TPSA) is 27.7 Å². The second-order valence-electron chi connectivity index (χ2n) is 5.20. The van der Waals surface area contributed by atoms with Crippen LogP contribution in [0.3, 0.4) is 0 Å². The average molecular weight is 357 g/mol. The number of benzene rings is 1. The van der Waals surface area contributed by atoms with Crippen LogP contribution in [0.5, 0.6) is 11.5 Å². The van der Waals surface area contributed by atoms with Gasteiger partial charge in [-0.25, -0.2) is 4.39 Å². The van der Waals surface area contributed by atoms with Crippen LogP contribution in [0.2, 0.25) is 5.02 Å². The van der Waals surface area contributed by atoms with E-state index in [0.717, 1.165) is 18.9 Å². The Morgan fingerprint density at radius 2 is 2.09 bits per heavy atom. The van der Waals surface area contributed by atoms with E-state index in [1.807, 2.05) is 6.92 Å². The molecule has 3 nitrogen and oxygen atoms in total. The van der Waals surface area contributed by atoms with Gasteiger partial charge in [0.25, 0.3) is 0 Å². The SMILES string of the molecule is CCCc1cc(OC(F)(F)F)c(F)c(Cl)c1OC1CCCCO1. The number of halogens is 5. The standard InChI is InChI=1S/C15H17ClF4O3/c1-2-5-9-8-10(23-15(18,19)20)13(17)12(16)14(9)22-11-6-3-4-7-21-11/h8,11H,2-7H2,1H3. The Balaban J connectivity index is 2.33. The summed E-state index contributed by atoms with van der Waals surface area (Å²) in [5, 5.41) is -0.524. The summed E-state index contributed by atoms with van der Waals surface area (Å²) >= 11 is 5.88. The molecule has 1 heterocycles. The van der Waals surface area contributed by atoms with E-state index >= 15 is 0 Å². The van der Waals surface area contributed by atoms with E-state index in [1.54, 1.807) is 0 Å². The molecule has 0 bridgehead atoms. The minimum Gasteiger partial charge on any atom is -0.463 e. The molecule has 1 aliphatic heterocycles. The number of hydrogen-bond acceptors (Lipinski definition) is 3. The van der Waals surface area contributed by atoms with E-state index in [4.69, 9.17) is 21.1 Å². The molecule has 0 amide bonds. The smallest absolute Gasteiger partial charge is 0.463 e. The average Bonchev–Trinajstić information content (AvgIpc) is 2.48. The quantitative estimate of drug-likeness (QED) is 0.676. The van der Waals surface area contributed by atoms with Crippen molar-refractivity contribution in [2.24, 2.45) is 0 Å². The van der Waals surface area contributed by atoms with Crippen LogP contribution in [0.1, 0.15) is 38.2 Å². The van der Waals surface area contributed by atoms with E-state index in [-0.39, 0.29) is 5.75 Å². The molecule has 1 aromatic rings. The molecule has 0 saturated carbocycles. The van der Waals surface area contributed by atoms with Crippen LogP contribution in [0.15, 0.2) is 6.07 Å². The lowest BCUT2D eigenvalue weighted by Gasteiger charge is -2.25. The van der Waals surface area contributed by atoms with Gasteiger partial charge in [0.2, 0.25) is 0 Å². The van der Waals surface area contributed by atoms with Crippen LogP contribution in [0.25, 0.3) is 0 Å². The molecule has 0 aliphatic carbocycles. The molecule has 1 atom stereocenters. The second-order valence-corrected chi connectivity index (χ2v) is 5.58. The van der Waals surface area contributed by atoms with Crippen LogP contribution in [0.4, 0.5) is 17.6 Å². The monoisotopic (exact) mass is 356 g/mol. The van der Waals surface area contributed by atoms with Crippen LogP contribution < -0.4 is 9.47 Å². The number of hydrogen-bond donors (Lipinski definition) is 0. The van der Waals surface area contributed by atoms with Crippen molar-refractivity contribution in [1.82, 2.24) is 0 Å². The van der Waals surface area contributed by atoms with Crippen molar-refractivity contribution < 1.29 is 31.8 Å². The van der Waals surface area contributed by atoms with Gasteiger partial charge in [-0.2, -0.15) is 0 Å². The third-order valence-corrected chi connectivity index (χ3v) is 3.68. The van der Waals surface area contributed by atoms with E-state index < -0.39 is 29.2 Å². The predicted molar refractivity (Wildman–Crippen MR) is 76.3 cm³/mol. The van der Waals surface area contributed by atoms with Crippen molar-refractivity contribution in [2.45, 2.75) is 51.7 Å². The molecular weight excluding hydrogens is 340 g/mol. The van der Waals surface area contributed by atoms with Crippen molar-refractivity contribution >= 4 is 11.6 Å². The van der Waals surface area contributed by atoms with Crippen LogP contribution in [-0.4, -0.2) is 19.3 Å². The zero-order chi connectivity index (χ0) is 17.0. The molecule has 8 heteroatoms. The van der Waals surface area contributed by atoms with Crippen molar-refractivity contribution in [3.8, 4) is 11.5 Å². The molecule has 1 aromatic carbocycles. The second kappa shape index (κ2) is 7.57. The Labute approximate surface area is 136 Å². The highest BCUT2D eigenvalue weighted by molar-refractivity contribution is 6.32. The van der Waals surface area contributed by atoms with Crippen LogP contribution in [0, 0.1) is 5.82 Å². The Morgan fingerprint density at radius 3 is 2.65 bits per heavy atom. The molecule has 1 aliphatic rings. The van der Waals surface area contributed by atoms with Gasteiger partial charge in [0.15, 0.2) is 17.9 Å². The number of alkyl halides is 3. The number of rotatable bonds is 5. The molecule has 1 unspecified atom stereocenters. The molecular formula is C15H17ClF4O3. The first-order chi connectivity index (χ1) is 10.8. The number of ether oxygens (including phenoxy) is 3. The summed E-state index contributed by atoms with van der Waals surface area (Å²) in [6.45, 7) is 2.35. The summed E-state index contributed by atoms with van der Waals surface area (Å²) < 4.78 is 65.9. The lowest BCUT2D eigenvalue weighted by atomic mass is 10.1. The van der Waals surface area contributed by atoms with Gasteiger partial charge in [-0.05, 0) is 30.9 Å². The summed E-state index contributed by atoms with van der Waals surface area (Å²) in [6.07, 6.45) is -2.17. The Kier molecular flexibility index (Phi) is 5.97. The maximum absolute atomic E-state index is 14.1. The lowest BCUT2D eigenvalue weighted by Crippen LogP contribution is -2.26. The first-order valence-corrected chi connectivity index (χ1v) is 7.74. The third kappa shape index (κ3) is 4.88. The predicted octanol–water partition coefficient (Wildman–Crippen LogP) is 5.24. The largest absolute Gasteiger partial charge is 0.573 e. The van der Waals surface area contributed by atoms with E-state index in [1.165, 1.54) is 0 Å². The third-order valence-electron chi connectivity index (χ3n) is 3.34. The van der Waals surface area contributed by atoms with E-state index in [9.17, 15) is 17.6 Å². The minimum atomic E-state index is -5.00. The van der Waals surface area contributed by atoms with Crippen LogP contribution in [-0.2, 0) is 11.2 Å². The molecule has 130 valence electrons. The Morgan fingerprint density at radius 1 is 1.35 bits per heavy atom. The highest BCUT2D eigenvalue weighted by Gasteiger charge is 2.34. The summed E-state index contributed by atoms with van der Waals surface area (Å²) in [5.74, 6) is -2.23. The summed E-state index contributed by atoms with van der Waals surface area (Å²) in [7, 11) is 0. The van der Waals surface area contributed by atoms with Crippen molar-refractivity contribution in [3.63, 3.8) is 0 Å². The highest BCUT2D eigenvalue weighted by atomic mass is 35.5. The van der Waals surface area contributed by atoms with Gasteiger partial charge >= 0.3 is 6.36 Å². The molecule has 0 N–H and O–H groups in total. The van der Waals surface area contributed by atoms with Crippen molar-refractivity contribution in [3.05, 3.63) is 22.5 Å². The van der Waals surface area contributed by atoms with Gasteiger partial charge in [0.05, 0.1) is 6.61 Å². The zero-order valence-corrected chi connectivity index (χ0v) is 13.3. The first kappa shape index (κ1) is 18.1. The zero-order valence-electron chi connectivity index (χ0n) is 12.5. The fourth-order valence-corrected chi connectivity index (χ4v) is 2.61. The fraction of sp³-hybridized carbons (Fsp3) is 0.600. The summed E-state index contributed by atoms with van der Waals surface area (Å²) in [5.41, 5.74) is 0.354. The van der Waals surface area contributed by atoms with Gasteiger partial charge in [0, 0.05) is 6.42 Å². The van der Waals surface area contributed by atoms with Gasteiger partial charge in [0.1, 0.15) is 10.8 Å². The minimum absolute atomic E-state index is 0.0208. The van der Waals surface area contributed by atoms with Gasteiger partial charge in [-0.3, -0.25) is 0 Å². The maximum Gasteiger partial charge on any atom is 0.573 e. The van der Waals surface area contributed by atoms with Gasteiger partial charge in [-0.1, -0.05) is 24.9 Å². The first-order valence-electron chi connectivity index (χ1n) is 7.36. The normalized spacial score (nSPS) is 18.8. The molecule has 1 saturated heterocycles. The maximum atomic E-state index is 14.1. The fourth-order valence-electron chi connectivity index (χ4n) is 2.35. The lowest BCUT2D eigenvalue weighted by molar-refractivity contribution is -0.275. The van der Waals surface area contributed by atoms with Crippen molar-refractivity contribution in [1.29, 1.82) is 0 Å². The number of aryl methyl sites for hydroxylation is 1. The molecule has 0 aromatic heterocycles. The van der Waals surface area contributed by atoms with E-state index in [0.29, 0.717) is 31.4 Å². The van der Waals surface area contributed by atoms with Crippen molar-refractivity contribution in [2.75, 3.05) is 6.61 Å². The van der Waals surface area contributed by atoms with Gasteiger partial charge in [-0.15, -0.1) is 13.2 Å². The molecule has 0 spiro atoms. The molecule has 2 rings (SSSR count). The molecule has 1 fully saturated rings. The molecule has 0 radical (unpaired) electrons. The highest BCUT2D eigenvalue weighted by Crippen LogP contribution is 2.40. The Bertz CT molecular complexity index is 543.